The van der Waals surface area contributed by atoms with Gasteiger partial charge in [-0.3, -0.25) is 0 Å². The molecule has 5 heteroatoms. The van der Waals surface area contributed by atoms with Gasteiger partial charge in [0, 0.05) is 5.56 Å². The summed E-state index contributed by atoms with van der Waals surface area (Å²) >= 11 is 0. The molecule has 1 aliphatic heterocycles. The molecule has 5 nitrogen and oxygen atoms in total. The van der Waals surface area contributed by atoms with Crippen LogP contribution in [0.3, 0.4) is 0 Å². The van der Waals surface area contributed by atoms with Gasteiger partial charge in [-0.15, -0.1) is 0 Å². The molecule has 1 fully saturated rings. The highest BCUT2D eigenvalue weighted by Gasteiger charge is 2.46. The van der Waals surface area contributed by atoms with Gasteiger partial charge >= 0.3 is 0 Å². The number of benzene rings is 2. The van der Waals surface area contributed by atoms with Crippen molar-refractivity contribution in [1.29, 1.82) is 0 Å². The van der Waals surface area contributed by atoms with Gasteiger partial charge in [0.15, 0.2) is 0 Å². The average Bonchev–Trinajstić information content (AvgIpc) is 3.27. The third kappa shape index (κ3) is 4.32. The normalized spacial score (nSPS) is 25.2. The van der Waals surface area contributed by atoms with Crippen molar-refractivity contribution in [3.63, 3.8) is 0 Å². The van der Waals surface area contributed by atoms with Crippen LogP contribution < -0.4 is 0 Å². The maximum absolute atomic E-state index is 6.11. The number of hydrogen-bond donors (Lipinski definition) is 0. The SMILES string of the molecule is CC1OC(Cn2cncn2)(c2ccccc2)OC1C.c1ccccc1. The summed E-state index contributed by atoms with van der Waals surface area (Å²) in [5, 5.41) is 4.15. The summed E-state index contributed by atoms with van der Waals surface area (Å²) in [6.45, 7) is 4.54. The van der Waals surface area contributed by atoms with Crippen molar-refractivity contribution in [2.75, 3.05) is 0 Å². The number of rotatable bonds is 3. The minimum Gasteiger partial charge on any atom is -0.339 e. The van der Waals surface area contributed by atoms with Crippen LogP contribution >= 0.6 is 0 Å². The minimum absolute atomic E-state index is 0.0451. The van der Waals surface area contributed by atoms with Crippen LogP contribution in [0.5, 0.6) is 0 Å². The van der Waals surface area contributed by atoms with E-state index in [2.05, 4.69) is 10.1 Å². The van der Waals surface area contributed by atoms with Crippen LogP contribution in [0.1, 0.15) is 19.4 Å². The van der Waals surface area contributed by atoms with Gasteiger partial charge < -0.3 is 9.47 Å². The number of aromatic nitrogens is 3. The number of ether oxygens (including phenoxy) is 2. The van der Waals surface area contributed by atoms with Crippen molar-refractivity contribution < 1.29 is 9.47 Å². The van der Waals surface area contributed by atoms with Crippen molar-refractivity contribution in [3.8, 4) is 0 Å². The summed E-state index contributed by atoms with van der Waals surface area (Å²) < 4.78 is 14.0. The molecule has 2 heterocycles. The van der Waals surface area contributed by atoms with Gasteiger partial charge in [0.1, 0.15) is 19.2 Å². The van der Waals surface area contributed by atoms with Crippen molar-refractivity contribution in [1.82, 2.24) is 14.8 Å². The van der Waals surface area contributed by atoms with Crippen molar-refractivity contribution in [2.24, 2.45) is 0 Å². The van der Waals surface area contributed by atoms with Gasteiger partial charge in [0.25, 0.3) is 0 Å². The highest BCUT2D eigenvalue weighted by molar-refractivity contribution is 5.21. The van der Waals surface area contributed by atoms with Crippen molar-refractivity contribution in [2.45, 2.75) is 38.4 Å². The Morgan fingerprint density at radius 2 is 1.40 bits per heavy atom. The molecule has 130 valence electrons. The molecule has 1 aromatic heterocycles. The molecule has 0 bridgehead atoms. The van der Waals surface area contributed by atoms with E-state index in [0.29, 0.717) is 6.54 Å². The summed E-state index contributed by atoms with van der Waals surface area (Å²) in [7, 11) is 0. The fraction of sp³-hybridized carbons (Fsp3) is 0.300. The second-order valence-corrected chi connectivity index (χ2v) is 6.01. The Hall–Kier alpha value is -2.50. The summed E-state index contributed by atoms with van der Waals surface area (Å²) in [5.41, 5.74) is 1.00. The molecule has 0 saturated carbocycles. The van der Waals surface area contributed by atoms with E-state index < -0.39 is 5.79 Å². The standard InChI is InChI=1S/C14H17N3O2.C6H6/c1-11-12(2)19-14(18-11,8-17-10-15-9-16-17)13-6-4-3-5-7-13;1-2-4-6-5-3-1/h3-7,9-12H,8H2,1-2H3;1-6H. The van der Waals surface area contributed by atoms with E-state index in [1.807, 2.05) is 80.6 Å². The Morgan fingerprint density at radius 1 is 0.880 bits per heavy atom. The number of nitrogens with zero attached hydrogens (tertiary/aromatic N) is 3. The van der Waals surface area contributed by atoms with Gasteiger partial charge in [-0.25, -0.2) is 9.67 Å². The van der Waals surface area contributed by atoms with Crippen molar-refractivity contribution >= 4 is 0 Å². The summed E-state index contributed by atoms with van der Waals surface area (Å²) in [4.78, 5) is 3.97. The zero-order chi connectivity index (χ0) is 17.5. The second kappa shape index (κ2) is 8.05. The van der Waals surface area contributed by atoms with E-state index >= 15 is 0 Å². The highest BCUT2D eigenvalue weighted by atomic mass is 16.8. The molecule has 2 aromatic carbocycles. The first-order valence-electron chi connectivity index (χ1n) is 8.43. The Balaban J connectivity index is 0.000000258. The molecule has 25 heavy (non-hydrogen) atoms. The van der Waals surface area contributed by atoms with Gasteiger partial charge in [-0.05, 0) is 13.8 Å². The Kier molecular flexibility index (Phi) is 5.58. The van der Waals surface area contributed by atoms with Crippen LogP contribution in [-0.4, -0.2) is 27.0 Å². The lowest BCUT2D eigenvalue weighted by molar-refractivity contribution is -0.193. The fourth-order valence-electron chi connectivity index (χ4n) is 2.73. The molecule has 0 radical (unpaired) electrons. The van der Waals surface area contributed by atoms with Crippen LogP contribution in [0.25, 0.3) is 0 Å². The van der Waals surface area contributed by atoms with Crippen LogP contribution in [0.2, 0.25) is 0 Å². The minimum atomic E-state index is -0.784. The molecule has 4 rings (SSSR count). The highest BCUT2D eigenvalue weighted by Crippen LogP contribution is 2.38. The topological polar surface area (TPSA) is 49.2 Å². The van der Waals surface area contributed by atoms with E-state index in [0.717, 1.165) is 5.56 Å². The quantitative estimate of drug-likeness (QED) is 0.732. The van der Waals surface area contributed by atoms with Crippen molar-refractivity contribution in [3.05, 3.63) is 84.9 Å². The largest absolute Gasteiger partial charge is 0.339 e. The molecule has 1 aliphatic rings. The van der Waals surface area contributed by atoms with E-state index in [4.69, 9.17) is 9.47 Å². The molecule has 3 aromatic rings. The van der Waals surface area contributed by atoms with Crippen LogP contribution in [0.4, 0.5) is 0 Å². The van der Waals surface area contributed by atoms with E-state index in [1.165, 1.54) is 6.33 Å². The zero-order valence-electron chi connectivity index (χ0n) is 14.5. The molecule has 1 saturated heterocycles. The lowest BCUT2D eigenvalue weighted by atomic mass is 10.1. The molecule has 0 amide bonds. The van der Waals surface area contributed by atoms with Gasteiger partial charge in [-0.2, -0.15) is 5.10 Å². The average molecular weight is 337 g/mol. The third-order valence-corrected chi connectivity index (χ3v) is 4.13. The summed E-state index contributed by atoms with van der Waals surface area (Å²) in [5.74, 6) is -0.784. The summed E-state index contributed by atoms with van der Waals surface area (Å²) in [6.07, 6.45) is 3.28. The molecular formula is C20H23N3O2. The van der Waals surface area contributed by atoms with Gasteiger partial charge in [-0.1, -0.05) is 66.7 Å². The molecule has 0 spiro atoms. The molecule has 2 unspecified atom stereocenters. The predicted molar refractivity (Wildman–Crippen MR) is 95.7 cm³/mol. The molecule has 0 aliphatic carbocycles. The predicted octanol–water partition coefficient (Wildman–Crippen LogP) is 3.64. The van der Waals surface area contributed by atoms with Crippen LogP contribution in [0, 0.1) is 0 Å². The smallest absolute Gasteiger partial charge is 0.215 e. The van der Waals surface area contributed by atoms with Crippen LogP contribution in [0.15, 0.2) is 79.4 Å². The van der Waals surface area contributed by atoms with Gasteiger partial charge in [0.05, 0.1) is 12.2 Å². The maximum Gasteiger partial charge on any atom is 0.215 e. The molecular weight excluding hydrogens is 314 g/mol. The Labute approximate surface area is 148 Å². The van der Waals surface area contributed by atoms with E-state index in [-0.39, 0.29) is 12.2 Å². The first-order chi connectivity index (χ1) is 12.2. The van der Waals surface area contributed by atoms with E-state index in [1.54, 1.807) is 11.0 Å². The molecule has 0 N–H and O–H groups in total. The Bertz CT molecular complexity index is 695. The van der Waals surface area contributed by atoms with E-state index in [9.17, 15) is 0 Å². The van der Waals surface area contributed by atoms with Gasteiger partial charge in [0.2, 0.25) is 5.79 Å². The monoisotopic (exact) mass is 337 g/mol. The molecule has 2 atom stereocenters. The lowest BCUT2D eigenvalue weighted by Crippen LogP contribution is -2.33. The fourth-order valence-corrected chi connectivity index (χ4v) is 2.73. The third-order valence-electron chi connectivity index (χ3n) is 4.13. The maximum atomic E-state index is 6.11. The summed E-state index contributed by atoms with van der Waals surface area (Å²) in [6, 6.07) is 22.0. The first-order valence-corrected chi connectivity index (χ1v) is 8.43. The van der Waals surface area contributed by atoms with Crippen LogP contribution in [-0.2, 0) is 21.8 Å². The zero-order valence-corrected chi connectivity index (χ0v) is 14.5. The number of hydrogen-bond acceptors (Lipinski definition) is 4. The second-order valence-electron chi connectivity index (χ2n) is 6.01. The lowest BCUT2D eigenvalue weighted by Gasteiger charge is -2.28. The Morgan fingerprint density at radius 3 is 1.88 bits per heavy atom. The first kappa shape index (κ1) is 17.3.